The average Bonchev–Trinajstić information content (AvgIpc) is 0.830. The summed E-state index contributed by atoms with van der Waals surface area (Å²) >= 11 is 0. The van der Waals surface area contributed by atoms with Crippen LogP contribution in [0.4, 0.5) is 56.9 Å². The van der Waals surface area contributed by atoms with E-state index in [-0.39, 0.29) is 94.9 Å². The van der Waals surface area contributed by atoms with E-state index in [1.807, 2.05) is 0 Å². The average molecular weight is 1420 g/mol. The van der Waals surface area contributed by atoms with Crippen LogP contribution in [-0.2, 0) is 60.7 Å². The van der Waals surface area contributed by atoms with Crippen molar-refractivity contribution in [3.05, 3.63) is 222 Å². The van der Waals surface area contributed by atoms with Crippen molar-refractivity contribution in [1.29, 1.82) is 0 Å². The van der Waals surface area contributed by atoms with Crippen molar-refractivity contribution in [3.8, 4) is 0 Å². The van der Waals surface area contributed by atoms with Crippen LogP contribution in [0.25, 0.3) is 45.8 Å². The van der Waals surface area contributed by atoms with Gasteiger partial charge in [0, 0.05) is 38.8 Å². The fraction of sp³-hybridized carbons (Fsp3) is 0. The molecule has 0 aliphatic heterocycles. The topological polar surface area (TPSA) is 466 Å². The van der Waals surface area contributed by atoms with E-state index in [0.717, 1.165) is 91.0 Å². The molecule has 0 bridgehead atoms. The summed E-state index contributed by atoms with van der Waals surface area (Å²) in [5.74, 6) is 0. The van der Waals surface area contributed by atoms with Crippen molar-refractivity contribution in [2.45, 2.75) is 29.4 Å². The first-order valence-electron chi connectivity index (χ1n) is 26.6. The van der Waals surface area contributed by atoms with Crippen LogP contribution in [-0.4, -0.2) is 82.7 Å². The summed E-state index contributed by atoms with van der Waals surface area (Å²) in [5.41, 5.74) is -0.410. The fourth-order valence-corrected chi connectivity index (χ4v) is 12.8. The van der Waals surface area contributed by atoms with E-state index in [1.54, 1.807) is 66.7 Å². The van der Waals surface area contributed by atoms with Gasteiger partial charge in [-0.3, -0.25) is 22.8 Å². The van der Waals surface area contributed by atoms with E-state index >= 15 is 0 Å². The van der Waals surface area contributed by atoms with Crippen LogP contribution < -0.4 is 29.6 Å². The van der Waals surface area contributed by atoms with Gasteiger partial charge in [0.1, 0.15) is 30.5 Å². The van der Waals surface area contributed by atoms with Gasteiger partial charge in [0.15, 0.2) is 0 Å². The zero-order valence-electron chi connectivity index (χ0n) is 48.7. The maximum atomic E-state index is 13.5. The predicted molar refractivity (Wildman–Crippen MR) is 344 cm³/mol. The number of hydrogen-bond acceptors (Lipinski definition) is 23. The monoisotopic (exact) mass is 1420 g/mol. The molecule has 482 valence electrons. The van der Waals surface area contributed by atoms with E-state index in [1.165, 1.54) is 54.6 Å². The summed E-state index contributed by atoms with van der Waals surface area (Å²) < 4.78 is 209. The number of benzene rings is 10. The van der Waals surface area contributed by atoms with Crippen LogP contribution in [0.5, 0.6) is 0 Å². The van der Waals surface area contributed by atoms with Crippen molar-refractivity contribution >= 4 is 163 Å². The van der Waals surface area contributed by atoms with Gasteiger partial charge in [-0.15, -0.1) is 20.5 Å². The first-order chi connectivity index (χ1) is 44.8. The summed E-state index contributed by atoms with van der Waals surface area (Å²) in [5, 5.41) is 53.0. The molecule has 0 aliphatic carbocycles. The third kappa shape index (κ3) is 17.3. The second kappa shape index (κ2) is 28.4. The molecule has 0 aliphatic rings. The molecule has 10 aromatic carbocycles. The number of rotatable bonds is 20. The van der Waals surface area contributed by atoms with Crippen molar-refractivity contribution in [3.63, 3.8) is 0 Å². The Bertz CT molecular complexity index is 5750. The molecule has 96 heavy (non-hydrogen) atoms. The van der Waals surface area contributed by atoms with Gasteiger partial charge in [-0.25, -0.2) is 8.42 Å². The predicted octanol–water partition coefficient (Wildman–Crippen LogP) is 12.1. The Kier molecular flexibility index (Phi) is 21.0. The quantitative estimate of drug-likeness (QED) is 0.0118. The molecule has 0 fully saturated rings. The fourth-order valence-electron chi connectivity index (χ4n) is 9.06. The van der Waals surface area contributed by atoms with E-state index in [0.29, 0.717) is 44.7 Å². The summed E-state index contributed by atoms with van der Waals surface area (Å²) in [6.07, 6.45) is 4.17. The summed E-state index contributed by atoms with van der Waals surface area (Å²) in [6, 6.07) is 42.3. The van der Waals surface area contributed by atoms with Gasteiger partial charge in [0.25, 0.3) is 50.6 Å². The number of fused-ring (bicyclic) bond motifs is 2. The van der Waals surface area contributed by atoms with E-state index in [9.17, 15) is 83.0 Å². The van der Waals surface area contributed by atoms with E-state index in [2.05, 4.69) is 46.0 Å². The van der Waals surface area contributed by atoms with Gasteiger partial charge in [0.2, 0.25) is 5.69 Å². The van der Waals surface area contributed by atoms with Gasteiger partial charge < -0.3 is 9.76 Å². The molecular formula is C60H41N10NaO19S6. The van der Waals surface area contributed by atoms with Gasteiger partial charge in [-0.2, -0.15) is 62.5 Å². The molecule has 0 heterocycles. The van der Waals surface area contributed by atoms with Crippen LogP contribution in [0.3, 0.4) is 0 Å². The normalized spacial score (nSPS) is 13.2. The van der Waals surface area contributed by atoms with Crippen molar-refractivity contribution < 1.29 is 112 Å². The standard InChI is InChI=1S/C60H42N10O19S6.Na/c71-70(46-24-16-40(60(36-46)95(87,88)89)12-11-38-14-18-44(34-58(38)93(81,82)83)64-68-56-32-30-54(50-6-2-4-8-52(50)56)66-62-42-22-27-48(28-23-42)91(75,76)77)69-45-19-15-39(59(35-45)94(84,85)86)10-9-37-13-17-43(33-57(37)92(78,79)80)63-67-55-31-29-53(49-5-1-3-7-51(49)55)65-61-41-20-25-47(26-21-41)90(72,73)74;/h1-36H,(H,72,73,74)(H,75,76,77)(H,78,79,80)(H,81,82,83)(H,84,85,86)(H,87,88,89);/q;+1/p-1/b10-9+,12-11+,65-61?,66-62?,67-63?,68-64?,70-69?;. The molecule has 0 aromatic heterocycles. The molecule has 5 N–H and O–H groups in total. The van der Waals surface area contributed by atoms with E-state index in [4.69, 9.17) is 0 Å². The maximum absolute atomic E-state index is 13.5. The molecule has 10 rings (SSSR count). The Labute approximate surface area is 568 Å². The van der Waals surface area contributed by atoms with Crippen LogP contribution in [0.2, 0.25) is 0 Å². The number of azo groups is 5. The Balaban J connectivity index is 0.0000108. The van der Waals surface area contributed by atoms with E-state index < -0.39 is 91.7 Å². The molecule has 0 saturated heterocycles. The number of hydrogen-bond donors (Lipinski definition) is 5. The number of nitrogens with zero attached hydrogens (tertiary/aromatic N) is 10. The Morgan fingerprint density at radius 1 is 0.312 bits per heavy atom. The molecule has 36 heteroatoms. The molecular weight excluding hydrogens is 1380 g/mol. The van der Waals surface area contributed by atoms with Crippen LogP contribution in [0, 0.1) is 5.21 Å². The van der Waals surface area contributed by atoms with Crippen molar-refractivity contribution in [1.82, 2.24) is 0 Å². The van der Waals surface area contributed by atoms with Gasteiger partial charge in [-0.1, -0.05) is 95.9 Å². The maximum Gasteiger partial charge on any atom is 1.00 e. The van der Waals surface area contributed by atoms with Gasteiger partial charge in [0.05, 0.1) is 60.2 Å². The summed E-state index contributed by atoms with van der Waals surface area (Å²) in [7, 11) is -29.5. The molecule has 10 aromatic rings. The molecule has 0 amide bonds. The molecule has 0 unspecified atom stereocenters. The second-order valence-corrected chi connectivity index (χ2v) is 28.2. The second-order valence-electron chi connectivity index (χ2n) is 19.8. The summed E-state index contributed by atoms with van der Waals surface area (Å²) in [4.78, 5) is -4.15. The SMILES string of the molecule is O=S(=O)([O-])c1cc([N+]([O-])=Nc2ccc(/C=C/c3ccc(N=Nc4ccc(N=Nc5ccc(S(=O)(=O)O)cc5)c5ccccc45)cc3S(=O)(=O)O)c(S(=O)(=O)O)c2)ccc1/C=C/c1ccc(N=Nc2ccc(N=Nc3ccc(S(=O)(=O)O)cc3)c3ccccc23)cc1S(=O)(=O)O.[Na+]. The summed E-state index contributed by atoms with van der Waals surface area (Å²) in [6.45, 7) is 0. The largest absolute Gasteiger partial charge is 1.00 e. The Hall–Kier alpha value is -9.54. The molecule has 0 atom stereocenters. The minimum atomic E-state index is -5.44. The van der Waals surface area contributed by atoms with Gasteiger partial charge in [-0.05, 0) is 138 Å². The minimum absolute atomic E-state index is 0. The minimum Gasteiger partial charge on any atom is -0.744 e. The molecule has 0 radical (unpaired) electrons. The molecule has 29 nitrogen and oxygen atoms in total. The Morgan fingerprint density at radius 2 is 0.594 bits per heavy atom. The Morgan fingerprint density at radius 3 is 0.906 bits per heavy atom. The first-order valence-corrected chi connectivity index (χ1v) is 35.2. The van der Waals surface area contributed by atoms with Crippen LogP contribution in [0.1, 0.15) is 22.3 Å². The first kappa shape index (κ1) is 70.8. The third-order valence-corrected chi connectivity index (χ3v) is 18.9. The zero-order valence-corrected chi connectivity index (χ0v) is 55.6. The molecule has 0 saturated carbocycles. The van der Waals surface area contributed by atoms with Gasteiger partial charge >= 0.3 is 29.6 Å². The molecule has 0 spiro atoms. The smallest absolute Gasteiger partial charge is 0.744 e. The third-order valence-electron chi connectivity index (χ3n) is 13.5. The van der Waals surface area contributed by atoms with Crippen LogP contribution >= 0.6 is 0 Å². The van der Waals surface area contributed by atoms with Crippen molar-refractivity contribution in [2.75, 3.05) is 0 Å². The zero-order chi connectivity index (χ0) is 68.3. The van der Waals surface area contributed by atoms with Crippen molar-refractivity contribution in [2.24, 2.45) is 46.0 Å². The van der Waals surface area contributed by atoms with Crippen LogP contribution in [0.15, 0.2) is 270 Å².